The van der Waals surface area contributed by atoms with Crippen molar-refractivity contribution in [3.8, 4) is 0 Å². The van der Waals surface area contributed by atoms with Gasteiger partial charge in [0.2, 0.25) is 5.91 Å². The van der Waals surface area contributed by atoms with Gasteiger partial charge >= 0.3 is 5.97 Å². The maximum absolute atomic E-state index is 11.7. The van der Waals surface area contributed by atoms with Gasteiger partial charge in [0.05, 0.1) is 6.04 Å². The molecule has 0 unspecified atom stereocenters. The predicted octanol–water partition coefficient (Wildman–Crippen LogP) is -0.768. The average molecular weight is 334 g/mol. The molecule has 0 aromatic rings. The molecule has 0 rings (SSSR count). The molecular formula is C14H30N4O5. The van der Waals surface area contributed by atoms with Crippen molar-refractivity contribution >= 4 is 17.8 Å². The van der Waals surface area contributed by atoms with Crippen molar-refractivity contribution in [1.82, 2.24) is 5.32 Å². The Balaban J connectivity index is 0. The van der Waals surface area contributed by atoms with E-state index in [-0.39, 0.29) is 0 Å². The van der Waals surface area contributed by atoms with Crippen LogP contribution in [-0.2, 0) is 14.4 Å². The normalized spacial score (nSPS) is 12.5. The Kier molecular flexibility index (Phi) is 15.6. The monoisotopic (exact) mass is 334 g/mol. The number of amides is 1. The topological polar surface area (TPSA) is 182 Å². The molecule has 23 heavy (non-hydrogen) atoms. The van der Waals surface area contributed by atoms with Crippen LogP contribution in [0.15, 0.2) is 0 Å². The molecule has 9 nitrogen and oxygen atoms in total. The van der Waals surface area contributed by atoms with Gasteiger partial charge in [0.25, 0.3) is 5.97 Å². The minimum atomic E-state index is -1.04. The van der Waals surface area contributed by atoms with Crippen LogP contribution < -0.4 is 22.5 Å². The van der Waals surface area contributed by atoms with Crippen LogP contribution in [0.4, 0.5) is 0 Å². The number of nitrogens with one attached hydrogen (secondary N) is 1. The van der Waals surface area contributed by atoms with Crippen LogP contribution in [0.2, 0.25) is 0 Å². The van der Waals surface area contributed by atoms with Gasteiger partial charge in [-0.1, -0.05) is 6.42 Å². The molecule has 0 aliphatic carbocycles. The first-order valence-corrected chi connectivity index (χ1v) is 7.64. The zero-order chi connectivity index (χ0) is 18.3. The molecule has 1 amide bonds. The van der Waals surface area contributed by atoms with Crippen LogP contribution in [0.5, 0.6) is 0 Å². The second kappa shape index (κ2) is 15.2. The molecule has 9 N–H and O–H groups in total. The van der Waals surface area contributed by atoms with Crippen molar-refractivity contribution in [2.45, 2.75) is 57.5 Å². The highest BCUT2D eigenvalue weighted by molar-refractivity contribution is 5.86. The Morgan fingerprint density at radius 1 is 0.957 bits per heavy atom. The SMILES string of the molecule is CC(=O)O.NCCCC[C@H](NC(=O)[C@@H](N)CCCCN)C(=O)O. The van der Waals surface area contributed by atoms with Crippen LogP contribution in [0.1, 0.15) is 45.4 Å². The number of carbonyl (C=O) groups is 3. The first-order valence-electron chi connectivity index (χ1n) is 7.64. The molecule has 0 aliphatic heterocycles. The lowest BCUT2D eigenvalue weighted by Gasteiger charge is -2.17. The maximum Gasteiger partial charge on any atom is 0.326 e. The van der Waals surface area contributed by atoms with E-state index in [1.807, 2.05) is 0 Å². The van der Waals surface area contributed by atoms with Crippen molar-refractivity contribution < 1.29 is 24.6 Å². The van der Waals surface area contributed by atoms with Crippen LogP contribution in [0.25, 0.3) is 0 Å². The van der Waals surface area contributed by atoms with Crippen molar-refractivity contribution in [3.05, 3.63) is 0 Å². The summed E-state index contributed by atoms with van der Waals surface area (Å²) in [5.74, 6) is -2.29. The van der Waals surface area contributed by atoms with Gasteiger partial charge in [0.15, 0.2) is 0 Å². The fraction of sp³-hybridized carbons (Fsp3) is 0.786. The standard InChI is InChI=1S/C12H26N4O3.C2H4O2/c13-7-3-1-5-9(15)11(17)16-10(12(18)19)6-2-4-8-14;1-2(3)4/h9-10H,1-8,13-15H2,(H,16,17)(H,18,19);1H3,(H,3,4)/t9-,10-;/m0./s1. The highest BCUT2D eigenvalue weighted by atomic mass is 16.4. The quantitative estimate of drug-likeness (QED) is 0.266. The molecule has 0 heterocycles. The lowest BCUT2D eigenvalue weighted by atomic mass is 10.1. The Labute approximate surface area is 136 Å². The van der Waals surface area contributed by atoms with Crippen molar-refractivity contribution in [3.63, 3.8) is 0 Å². The number of aliphatic carboxylic acids is 2. The first kappa shape index (κ1) is 23.6. The van der Waals surface area contributed by atoms with Crippen LogP contribution in [0, 0.1) is 0 Å². The van der Waals surface area contributed by atoms with Gasteiger partial charge in [0.1, 0.15) is 6.04 Å². The summed E-state index contributed by atoms with van der Waals surface area (Å²) in [5, 5.41) is 18.9. The second-order valence-electron chi connectivity index (χ2n) is 5.09. The molecule has 0 aliphatic rings. The van der Waals surface area contributed by atoms with E-state index in [0.29, 0.717) is 32.4 Å². The number of carboxylic acid groups (broad SMARTS) is 2. The molecule has 0 radical (unpaired) electrons. The molecule has 0 saturated carbocycles. The van der Waals surface area contributed by atoms with Gasteiger partial charge in [-0.15, -0.1) is 0 Å². The summed E-state index contributed by atoms with van der Waals surface area (Å²) in [6, 6.07) is -1.57. The third-order valence-electron chi connectivity index (χ3n) is 2.87. The highest BCUT2D eigenvalue weighted by Gasteiger charge is 2.22. The Morgan fingerprint density at radius 3 is 1.78 bits per heavy atom. The zero-order valence-electron chi connectivity index (χ0n) is 13.7. The molecular weight excluding hydrogens is 304 g/mol. The molecule has 0 saturated heterocycles. The Bertz CT molecular complexity index is 348. The summed E-state index contributed by atoms with van der Waals surface area (Å²) in [6.45, 7) is 2.16. The van der Waals surface area contributed by atoms with Crippen LogP contribution in [-0.4, -0.2) is 53.2 Å². The zero-order valence-corrected chi connectivity index (χ0v) is 13.7. The van der Waals surface area contributed by atoms with Gasteiger partial charge in [0, 0.05) is 6.92 Å². The number of nitrogens with two attached hydrogens (primary N) is 3. The summed E-state index contributed by atoms with van der Waals surface area (Å²) in [6.07, 6.45) is 3.85. The molecule has 136 valence electrons. The van der Waals surface area contributed by atoms with E-state index < -0.39 is 29.9 Å². The molecule has 0 aromatic heterocycles. The lowest BCUT2D eigenvalue weighted by molar-refractivity contribution is -0.142. The van der Waals surface area contributed by atoms with Gasteiger partial charge in [-0.3, -0.25) is 9.59 Å². The van der Waals surface area contributed by atoms with Crippen LogP contribution >= 0.6 is 0 Å². The van der Waals surface area contributed by atoms with E-state index in [4.69, 9.17) is 32.2 Å². The summed E-state index contributed by atoms with van der Waals surface area (Å²) in [4.78, 5) is 31.7. The van der Waals surface area contributed by atoms with Gasteiger partial charge in [-0.2, -0.15) is 0 Å². The van der Waals surface area contributed by atoms with Crippen molar-refractivity contribution in [2.75, 3.05) is 13.1 Å². The maximum atomic E-state index is 11.7. The van der Waals surface area contributed by atoms with E-state index >= 15 is 0 Å². The molecule has 0 fully saturated rings. The summed E-state index contributed by atoms with van der Waals surface area (Å²) < 4.78 is 0. The van der Waals surface area contributed by atoms with E-state index in [1.165, 1.54) is 0 Å². The molecule has 0 bridgehead atoms. The Hall–Kier alpha value is -1.71. The minimum absolute atomic E-state index is 0.369. The van der Waals surface area contributed by atoms with Crippen LogP contribution in [0.3, 0.4) is 0 Å². The van der Waals surface area contributed by atoms with Gasteiger partial charge in [-0.25, -0.2) is 4.79 Å². The van der Waals surface area contributed by atoms with E-state index in [2.05, 4.69) is 5.32 Å². The van der Waals surface area contributed by atoms with E-state index in [9.17, 15) is 9.59 Å². The average Bonchev–Trinajstić information content (AvgIpc) is 2.45. The Morgan fingerprint density at radius 2 is 1.39 bits per heavy atom. The number of carbonyl (C=O) groups excluding carboxylic acids is 1. The predicted molar refractivity (Wildman–Crippen MR) is 86.7 cm³/mol. The third-order valence-corrected chi connectivity index (χ3v) is 2.87. The molecule has 9 heteroatoms. The fourth-order valence-corrected chi connectivity index (χ4v) is 1.67. The largest absolute Gasteiger partial charge is 0.481 e. The highest BCUT2D eigenvalue weighted by Crippen LogP contribution is 2.03. The molecule has 0 aromatic carbocycles. The fourth-order valence-electron chi connectivity index (χ4n) is 1.67. The van der Waals surface area contributed by atoms with Crippen molar-refractivity contribution in [1.29, 1.82) is 0 Å². The number of carboxylic acids is 2. The van der Waals surface area contributed by atoms with E-state index in [0.717, 1.165) is 26.2 Å². The minimum Gasteiger partial charge on any atom is -0.481 e. The van der Waals surface area contributed by atoms with Gasteiger partial charge < -0.3 is 32.7 Å². The number of hydrogen-bond donors (Lipinski definition) is 6. The van der Waals surface area contributed by atoms with Crippen molar-refractivity contribution in [2.24, 2.45) is 17.2 Å². The molecule has 2 atom stereocenters. The first-order chi connectivity index (χ1) is 10.8. The number of hydrogen-bond acceptors (Lipinski definition) is 6. The lowest BCUT2D eigenvalue weighted by Crippen LogP contribution is -2.48. The summed E-state index contributed by atoms with van der Waals surface area (Å²) >= 11 is 0. The van der Waals surface area contributed by atoms with Gasteiger partial charge in [-0.05, 0) is 45.2 Å². The second-order valence-corrected chi connectivity index (χ2v) is 5.09. The number of rotatable bonds is 11. The summed E-state index contributed by atoms with van der Waals surface area (Å²) in [5.41, 5.74) is 16.4. The third kappa shape index (κ3) is 16.5. The molecule has 0 spiro atoms. The smallest absolute Gasteiger partial charge is 0.326 e. The summed E-state index contributed by atoms with van der Waals surface area (Å²) in [7, 11) is 0. The number of unbranched alkanes of at least 4 members (excludes halogenated alkanes) is 2. The van der Waals surface area contributed by atoms with E-state index in [1.54, 1.807) is 0 Å².